The number of nitro groups is 2. The van der Waals surface area contributed by atoms with Gasteiger partial charge in [-0.05, 0) is 14.8 Å². The summed E-state index contributed by atoms with van der Waals surface area (Å²) in [4.78, 5) is 23.3. The van der Waals surface area contributed by atoms with Crippen molar-refractivity contribution < 1.29 is 9.85 Å². The number of nitrogens with two attached hydrogens (primary N) is 1. The summed E-state index contributed by atoms with van der Waals surface area (Å²) < 4.78 is 0. The molecule has 0 saturated heterocycles. The first kappa shape index (κ1) is 7.91. The number of anilines is 1. The third kappa shape index (κ3) is 1.14. The average Bonchev–Trinajstić information content (AvgIpc) is 2.30. The molecule has 0 aliphatic rings. The van der Waals surface area contributed by atoms with Crippen molar-refractivity contribution in [3.63, 3.8) is 0 Å². The summed E-state index contributed by atoms with van der Waals surface area (Å²) in [6, 6.07) is 0. The molecule has 0 aromatic carbocycles. The molecule has 0 unspecified atom stereocenters. The number of nitrogens with one attached hydrogen (secondary N) is 1. The topological polar surface area (TPSA) is 141 Å². The van der Waals surface area contributed by atoms with Gasteiger partial charge in [-0.15, -0.1) is 0 Å². The van der Waals surface area contributed by atoms with Crippen LogP contribution in [0, 0.1) is 20.2 Å². The second-order valence-electron chi connectivity index (χ2n) is 1.81. The smallest absolute Gasteiger partial charge is 0.389 e. The van der Waals surface area contributed by atoms with Gasteiger partial charge < -0.3 is 26.0 Å². The van der Waals surface area contributed by atoms with Crippen molar-refractivity contribution >= 4 is 17.6 Å². The van der Waals surface area contributed by atoms with Crippen LogP contribution in [0.5, 0.6) is 0 Å². The number of imidazole rings is 1. The molecule has 1 aromatic rings. The lowest BCUT2D eigenvalue weighted by Crippen LogP contribution is -1.93. The number of aromatic amines is 1. The van der Waals surface area contributed by atoms with E-state index in [1.165, 1.54) is 0 Å². The minimum Gasteiger partial charge on any atom is -0.389 e. The Morgan fingerprint density at radius 3 is 2.17 bits per heavy atom. The predicted octanol–water partition coefficient (Wildman–Crippen LogP) is -0.192. The van der Waals surface area contributed by atoms with Gasteiger partial charge in [0.05, 0.1) is 0 Å². The fourth-order valence-electron chi connectivity index (χ4n) is 0.591. The van der Waals surface area contributed by atoms with Crippen molar-refractivity contribution in [1.29, 1.82) is 0 Å². The fourth-order valence-corrected chi connectivity index (χ4v) is 0.591. The van der Waals surface area contributed by atoms with Crippen LogP contribution in [0.15, 0.2) is 0 Å². The molecular weight excluding hydrogens is 170 g/mol. The van der Waals surface area contributed by atoms with Crippen molar-refractivity contribution in [2.75, 3.05) is 5.73 Å². The zero-order valence-corrected chi connectivity index (χ0v) is 5.55. The molecule has 0 aliphatic carbocycles. The molecular formula is C3H3N5O4. The third-order valence-corrected chi connectivity index (χ3v) is 1.05. The highest BCUT2D eigenvalue weighted by Gasteiger charge is 2.23. The van der Waals surface area contributed by atoms with Crippen molar-refractivity contribution in [3.05, 3.63) is 20.2 Å². The molecule has 0 radical (unpaired) electrons. The van der Waals surface area contributed by atoms with E-state index in [-0.39, 0.29) is 0 Å². The lowest BCUT2D eigenvalue weighted by atomic mass is 10.7. The minimum absolute atomic E-state index is 0.494. The van der Waals surface area contributed by atoms with Crippen LogP contribution in [0.2, 0.25) is 0 Å². The van der Waals surface area contributed by atoms with E-state index in [1.807, 2.05) is 4.98 Å². The standard InChI is InChI=1S/C3H3N5O4/c4-1-2(7(9)10)6-3(5-1)8(11)12/h4H2,(H,5,6). The molecule has 0 atom stereocenters. The number of nitrogen functional groups attached to an aromatic ring is 1. The molecule has 1 rings (SSSR count). The summed E-state index contributed by atoms with van der Waals surface area (Å²) in [6.45, 7) is 0. The van der Waals surface area contributed by atoms with E-state index in [9.17, 15) is 20.2 Å². The highest BCUT2D eigenvalue weighted by atomic mass is 16.6. The van der Waals surface area contributed by atoms with Crippen molar-refractivity contribution in [2.45, 2.75) is 0 Å². The van der Waals surface area contributed by atoms with Gasteiger partial charge >= 0.3 is 11.8 Å². The summed E-state index contributed by atoms with van der Waals surface area (Å²) >= 11 is 0. The maximum absolute atomic E-state index is 10.1. The maximum Gasteiger partial charge on any atom is 0.466 e. The highest BCUT2D eigenvalue weighted by Crippen LogP contribution is 2.20. The van der Waals surface area contributed by atoms with Gasteiger partial charge in [0.2, 0.25) is 0 Å². The maximum atomic E-state index is 10.1. The van der Waals surface area contributed by atoms with Gasteiger partial charge in [0.15, 0.2) is 0 Å². The summed E-state index contributed by atoms with van der Waals surface area (Å²) in [5, 5.41) is 20.1. The summed E-state index contributed by atoms with van der Waals surface area (Å²) in [5.41, 5.74) is 4.99. The molecule has 3 N–H and O–H groups in total. The number of H-pyrrole nitrogens is 1. The lowest BCUT2D eigenvalue weighted by Gasteiger charge is -1.86. The molecule has 0 amide bonds. The van der Waals surface area contributed by atoms with Crippen LogP contribution in [0.25, 0.3) is 0 Å². The van der Waals surface area contributed by atoms with Crippen molar-refractivity contribution in [2.24, 2.45) is 0 Å². The predicted molar refractivity (Wildman–Crippen MR) is 36.3 cm³/mol. The number of hydrogen-bond donors (Lipinski definition) is 2. The molecule has 0 saturated carbocycles. The first-order chi connectivity index (χ1) is 5.52. The average molecular weight is 173 g/mol. The molecule has 64 valence electrons. The second kappa shape index (κ2) is 2.45. The Morgan fingerprint density at radius 2 is 1.92 bits per heavy atom. The Labute approximate surface area is 64.5 Å². The van der Waals surface area contributed by atoms with Gasteiger partial charge in [0.1, 0.15) is 0 Å². The molecule has 0 bridgehead atoms. The first-order valence-electron chi connectivity index (χ1n) is 2.66. The molecule has 12 heavy (non-hydrogen) atoms. The third-order valence-electron chi connectivity index (χ3n) is 1.05. The highest BCUT2D eigenvalue weighted by molar-refractivity contribution is 5.49. The zero-order valence-electron chi connectivity index (χ0n) is 5.55. The Bertz CT molecular complexity index is 342. The van der Waals surface area contributed by atoms with Crippen molar-refractivity contribution in [3.8, 4) is 0 Å². The van der Waals surface area contributed by atoms with Gasteiger partial charge in [-0.1, -0.05) is 0 Å². The quantitative estimate of drug-likeness (QED) is 0.468. The second-order valence-corrected chi connectivity index (χ2v) is 1.81. The van der Waals surface area contributed by atoms with Gasteiger partial charge in [0.25, 0.3) is 5.82 Å². The van der Waals surface area contributed by atoms with Crippen LogP contribution in [-0.2, 0) is 0 Å². The Hall–Kier alpha value is -2.19. The van der Waals surface area contributed by atoms with Crippen LogP contribution < -0.4 is 5.73 Å². The number of nitrogens with zero attached hydrogens (tertiary/aromatic N) is 3. The Balaban J connectivity index is 3.17. The molecule has 1 heterocycles. The molecule has 0 aliphatic heterocycles. The SMILES string of the molecule is Nc1nc([N+](=O)[O-])[nH]c1[N+](=O)[O-]. The number of aromatic nitrogens is 2. The van der Waals surface area contributed by atoms with Gasteiger partial charge in [0, 0.05) is 0 Å². The van der Waals surface area contributed by atoms with E-state index in [0.717, 1.165) is 0 Å². The van der Waals surface area contributed by atoms with E-state index in [0.29, 0.717) is 0 Å². The first-order valence-corrected chi connectivity index (χ1v) is 2.66. The summed E-state index contributed by atoms with van der Waals surface area (Å²) in [5.74, 6) is -1.90. The van der Waals surface area contributed by atoms with Crippen molar-refractivity contribution in [1.82, 2.24) is 9.97 Å². The van der Waals surface area contributed by atoms with E-state index in [1.54, 1.807) is 0 Å². The van der Waals surface area contributed by atoms with Gasteiger partial charge in [-0.2, -0.15) is 4.98 Å². The largest absolute Gasteiger partial charge is 0.466 e. The van der Waals surface area contributed by atoms with Gasteiger partial charge in [-0.3, -0.25) is 0 Å². The van der Waals surface area contributed by atoms with Crippen LogP contribution >= 0.6 is 0 Å². The molecule has 0 fully saturated rings. The molecule has 1 aromatic heterocycles. The molecule has 9 heteroatoms. The van der Waals surface area contributed by atoms with E-state index >= 15 is 0 Å². The Kier molecular flexibility index (Phi) is 1.62. The van der Waals surface area contributed by atoms with Crippen LogP contribution in [0.1, 0.15) is 0 Å². The van der Waals surface area contributed by atoms with E-state index in [4.69, 9.17) is 5.73 Å². The minimum atomic E-state index is -0.899. The zero-order chi connectivity index (χ0) is 9.30. The van der Waals surface area contributed by atoms with Crippen LogP contribution in [0.3, 0.4) is 0 Å². The number of hydrogen-bond acceptors (Lipinski definition) is 6. The Morgan fingerprint density at radius 1 is 1.33 bits per heavy atom. The normalized spacial score (nSPS) is 9.67. The van der Waals surface area contributed by atoms with Gasteiger partial charge in [-0.25, -0.2) is 0 Å². The molecule has 0 spiro atoms. The monoisotopic (exact) mass is 173 g/mol. The van der Waals surface area contributed by atoms with Crippen LogP contribution in [-0.4, -0.2) is 19.8 Å². The molecule has 9 nitrogen and oxygen atoms in total. The number of rotatable bonds is 2. The summed E-state index contributed by atoms with van der Waals surface area (Å²) in [6.07, 6.45) is 0. The fraction of sp³-hybridized carbons (Fsp3) is 0. The summed E-state index contributed by atoms with van der Waals surface area (Å²) in [7, 11) is 0. The van der Waals surface area contributed by atoms with E-state index in [2.05, 4.69) is 4.98 Å². The van der Waals surface area contributed by atoms with Crippen LogP contribution in [0.4, 0.5) is 17.6 Å². The van der Waals surface area contributed by atoms with E-state index < -0.39 is 27.4 Å². The lowest BCUT2D eigenvalue weighted by molar-refractivity contribution is -0.401.